The van der Waals surface area contributed by atoms with Crippen LogP contribution in [0, 0.1) is 5.92 Å². The van der Waals surface area contributed by atoms with E-state index in [2.05, 4.69) is 16.0 Å². The Bertz CT molecular complexity index is 887. The summed E-state index contributed by atoms with van der Waals surface area (Å²) in [5, 5.41) is 34.2. The van der Waals surface area contributed by atoms with Crippen molar-refractivity contribution in [1.29, 1.82) is 0 Å². The number of benzene rings is 1. The Balaban J connectivity index is 2.78. The Morgan fingerprint density at radius 2 is 1.41 bits per heavy atom. The molecule has 0 aliphatic rings. The molecule has 0 bridgehead atoms. The molecule has 0 radical (unpaired) electrons. The van der Waals surface area contributed by atoms with Gasteiger partial charge in [0, 0.05) is 0 Å². The molecule has 12 heteroatoms. The third-order valence-corrected chi connectivity index (χ3v) is 4.81. The Hall–Kier alpha value is -3.67. The zero-order valence-corrected chi connectivity index (χ0v) is 19.3. The highest BCUT2D eigenvalue weighted by molar-refractivity contribution is 5.94. The molecule has 1 rings (SSSR count). The third-order valence-electron chi connectivity index (χ3n) is 4.81. The van der Waals surface area contributed by atoms with Gasteiger partial charge in [0.25, 0.3) is 0 Å². The fourth-order valence-electron chi connectivity index (χ4n) is 3.01. The second kappa shape index (κ2) is 13.1. The van der Waals surface area contributed by atoms with E-state index >= 15 is 0 Å². The molecule has 0 saturated heterocycles. The van der Waals surface area contributed by atoms with E-state index in [1.807, 2.05) is 13.8 Å². The van der Waals surface area contributed by atoms with Gasteiger partial charge in [0.15, 0.2) is 0 Å². The number of aliphatic carboxylic acids is 2. The summed E-state index contributed by atoms with van der Waals surface area (Å²) in [7, 11) is 0. The Morgan fingerprint density at radius 3 is 1.91 bits per heavy atom. The van der Waals surface area contributed by atoms with Crippen LogP contribution in [0.2, 0.25) is 0 Å². The molecule has 3 amide bonds. The summed E-state index contributed by atoms with van der Waals surface area (Å²) in [6.45, 7) is 4.97. The van der Waals surface area contributed by atoms with E-state index in [1.54, 1.807) is 12.1 Å². The Kier molecular flexibility index (Phi) is 11.0. The molecule has 1 aromatic rings. The lowest BCUT2D eigenvalue weighted by Gasteiger charge is -2.24. The number of aromatic hydroxyl groups is 1. The highest BCUT2D eigenvalue weighted by atomic mass is 16.4. The lowest BCUT2D eigenvalue weighted by atomic mass is 10.0. The first kappa shape index (κ1) is 28.4. The number of nitrogens with one attached hydrogen (secondary N) is 3. The fraction of sp³-hybridized carbons (Fsp3) is 0.500. The number of phenols is 1. The third kappa shape index (κ3) is 9.86. The summed E-state index contributed by atoms with van der Waals surface area (Å²) in [5.74, 6) is -5.01. The monoisotopic (exact) mass is 480 g/mol. The normalized spacial score (nSPS) is 14.4. The van der Waals surface area contributed by atoms with Crippen molar-refractivity contribution in [3.05, 3.63) is 29.8 Å². The number of carboxylic acids is 2. The number of hydrogen-bond donors (Lipinski definition) is 7. The summed E-state index contributed by atoms with van der Waals surface area (Å²) < 4.78 is 0. The van der Waals surface area contributed by atoms with Crippen LogP contribution in [0.3, 0.4) is 0 Å². The zero-order chi connectivity index (χ0) is 26.0. The van der Waals surface area contributed by atoms with Crippen LogP contribution in [0.4, 0.5) is 0 Å². The molecule has 0 spiro atoms. The molecule has 8 N–H and O–H groups in total. The van der Waals surface area contributed by atoms with Crippen molar-refractivity contribution in [2.24, 2.45) is 11.7 Å². The first-order valence-electron chi connectivity index (χ1n) is 10.7. The van der Waals surface area contributed by atoms with Gasteiger partial charge in [-0.15, -0.1) is 0 Å². The van der Waals surface area contributed by atoms with E-state index in [0.29, 0.717) is 5.56 Å². The summed E-state index contributed by atoms with van der Waals surface area (Å²) in [6, 6.07) is 1.34. The molecule has 1 aromatic carbocycles. The first-order chi connectivity index (χ1) is 15.8. The maximum absolute atomic E-state index is 12.8. The number of carboxylic acid groups (broad SMARTS) is 2. The summed E-state index contributed by atoms with van der Waals surface area (Å²) in [6.07, 6.45) is -0.414. The van der Waals surface area contributed by atoms with E-state index in [4.69, 9.17) is 15.9 Å². The van der Waals surface area contributed by atoms with Gasteiger partial charge >= 0.3 is 11.9 Å². The lowest BCUT2D eigenvalue weighted by Crippen LogP contribution is -2.56. The maximum Gasteiger partial charge on any atom is 0.326 e. The highest BCUT2D eigenvalue weighted by Gasteiger charge is 2.29. The molecule has 0 saturated carbocycles. The van der Waals surface area contributed by atoms with Crippen molar-refractivity contribution in [3.8, 4) is 5.75 Å². The van der Waals surface area contributed by atoms with E-state index in [-0.39, 0.29) is 24.5 Å². The lowest BCUT2D eigenvalue weighted by molar-refractivity contribution is -0.147. The fourth-order valence-corrected chi connectivity index (χ4v) is 3.01. The van der Waals surface area contributed by atoms with E-state index in [0.717, 1.165) is 0 Å². The molecule has 0 heterocycles. The zero-order valence-electron chi connectivity index (χ0n) is 19.3. The predicted molar refractivity (Wildman–Crippen MR) is 121 cm³/mol. The molecule has 0 aromatic heterocycles. The van der Waals surface area contributed by atoms with Crippen LogP contribution < -0.4 is 21.7 Å². The summed E-state index contributed by atoms with van der Waals surface area (Å²) in [4.78, 5) is 59.5. The molecule has 34 heavy (non-hydrogen) atoms. The second-order valence-corrected chi connectivity index (χ2v) is 8.40. The number of carbonyl (C=O) groups is 5. The number of rotatable bonds is 13. The van der Waals surface area contributed by atoms with E-state index in [1.165, 1.54) is 19.1 Å². The van der Waals surface area contributed by atoms with Crippen LogP contribution in [0.15, 0.2) is 24.3 Å². The molecule has 4 atom stereocenters. The topological polar surface area (TPSA) is 208 Å². The predicted octanol–water partition coefficient (Wildman–Crippen LogP) is -0.658. The molecular formula is C22H32N4O8. The first-order valence-corrected chi connectivity index (χ1v) is 10.7. The maximum atomic E-state index is 12.8. The minimum Gasteiger partial charge on any atom is -0.508 e. The minimum absolute atomic E-state index is 0.000429. The quantitative estimate of drug-likeness (QED) is 0.191. The smallest absolute Gasteiger partial charge is 0.326 e. The Labute approximate surface area is 196 Å². The number of hydrogen-bond acceptors (Lipinski definition) is 7. The molecule has 4 unspecified atom stereocenters. The van der Waals surface area contributed by atoms with Crippen molar-refractivity contribution in [2.45, 2.75) is 64.2 Å². The highest BCUT2D eigenvalue weighted by Crippen LogP contribution is 2.11. The molecule has 0 fully saturated rings. The van der Waals surface area contributed by atoms with Crippen LogP contribution >= 0.6 is 0 Å². The van der Waals surface area contributed by atoms with Crippen LogP contribution in [-0.4, -0.2) is 69.1 Å². The average Bonchev–Trinajstić information content (AvgIpc) is 2.73. The summed E-state index contributed by atoms with van der Waals surface area (Å²) in [5.41, 5.74) is 6.68. The molecule has 0 aliphatic carbocycles. The molecule has 0 aliphatic heterocycles. The van der Waals surface area contributed by atoms with Crippen LogP contribution in [0.1, 0.15) is 39.2 Å². The average molecular weight is 481 g/mol. The van der Waals surface area contributed by atoms with Gasteiger partial charge in [-0.1, -0.05) is 26.0 Å². The van der Waals surface area contributed by atoms with Gasteiger partial charge in [-0.05, 0) is 43.4 Å². The second-order valence-electron chi connectivity index (χ2n) is 8.40. The van der Waals surface area contributed by atoms with Gasteiger partial charge in [-0.3, -0.25) is 19.2 Å². The van der Waals surface area contributed by atoms with Gasteiger partial charge in [0.1, 0.15) is 23.9 Å². The number of amides is 3. The van der Waals surface area contributed by atoms with E-state index < -0.39 is 60.2 Å². The van der Waals surface area contributed by atoms with Crippen LogP contribution in [0.5, 0.6) is 5.75 Å². The SMILES string of the molecule is CC(C)CC(NC(=O)C(N)Cc1ccc(O)cc1)C(=O)NC(C)C(=O)NC(CC(=O)O)C(=O)O. The van der Waals surface area contributed by atoms with Crippen molar-refractivity contribution < 1.29 is 39.3 Å². The molecular weight excluding hydrogens is 448 g/mol. The number of carbonyl (C=O) groups excluding carboxylic acids is 3. The van der Waals surface area contributed by atoms with Crippen LogP contribution in [-0.2, 0) is 30.4 Å². The van der Waals surface area contributed by atoms with Crippen molar-refractivity contribution in [1.82, 2.24) is 16.0 Å². The van der Waals surface area contributed by atoms with Crippen LogP contribution in [0.25, 0.3) is 0 Å². The largest absolute Gasteiger partial charge is 0.508 e. The van der Waals surface area contributed by atoms with Gasteiger partial charge in [0.2, 0.25) is 17.7 Å². The Morgan fingerprint density at radius 1 is 0.853 bits per heavy atom. The standard InChI is InChI=1S/C22H32N4O8/c1-11(2)8-16(25-20(31)15(23)9-13-4-6-14(27)7-5-13)21(32)24-12(3)19(30)26-17(22(33)34)10-18(28)29/h4-7,11-12,15-17,27H,8-10,23H2,1-3H3,(H,24,32)(H,25,31)(H,26,30)(H,28,29)(H,33,34). The minimum atomic E-state index is -1.66. The molecule has 188 valence electrons. The van der Waals surface area contributed by atoms with Gasteiger partial charge < -0.3 is 37.0 Å². The van der Waals surface area contributed by atoms with E-state index in [9.17, 15) is 29.1 Å². The van der Waals surface area contributed by atoms with Gasteiger partial charge in [-0.25, -0.2) is 4.79 Å². The summed E-state index contributed by atoms with van der Waals surface area (Å²) >= 11 is 0. The van der Waals surface area contributed by atoms with Crippen molar-refractivity contribution >= 4 is 29.7 Å². The molecule has 12 nitrogen and oxygen atoms in total. The number of nitrogens with two attached hydrogens (primary N) is 1. The van der Waals surface area contributed by atoms with Gasteiger partial charge in [0.05, 0.1) is 12.5 Å². The van der Waals surface area contributed by atoms with Gasteiger partial charge in [-0.2, -0.15) is 0 Å². The van der Waals surface area contributed by atoms with Crippen molar-refractivity contribution in [2.75, 3.05) is 0 Å². The number of phenolic OH excluding ortho intramolecular Hbond substituents is 1. The van der Waals surface area contributed by atoms with Crippen molar-refractivity contribution in [3.63, 3.8) is 0 Å².